The molecule has 1 spiro atoms. The Morgan fingerprint density at radius 2 is 1.84 bits per heavy atom. The third-order valence-corrected chi connectivity index (χ3v) is 8.60. The van der Waals surface area contributed by atoms with Gasteiger partial charge in [-0.25, -0.2) is 4.79 Å². The summed E-state index contributed by atoms with van der Waals surface area (Å²) in [5.74, 6) is -1.75. The van der Waals surface area contributed by atoms with Crippen molar-refractivity contribution in [2.24, 2.45) is 0 Å². The van der Waals surface area contributed by atoms with Crippen molar-refractivity contribution in [3.63, 3.8) is 0 Å². The number of anilines is 1. The van der Waals surface area contributed by atoms with Crippen LogP contribution in [-0.4, -0.2) is 78.2 Å². The number of rotatable bonds is 6. The van der Waals surface area contributed by atoms with E-state index in [1.165, 1.54) is 5.56 Å². The van der Waals surface area contributed by atoms with Crippen molar-refractivity contribution in [1.82, 2.24) is 15.1 Å². The number of nitrogens with zero attached hydrogens (tertiary/aromatic N) is 2. The van der Waals surface area contributed by atoms with Crippen LogP contribution in [0.4, 0.5) is 18.9 Å². The number of halogens is 3. The maximum Gasteiger partial charge on any atom is 0.490 e. The molecule has 3 aliphatic rings. The number of benzene rings is 3. The van der Waals surface area contributed by atoms with Gasteiger partial charge >= 0.3 is 12.1 Å². The van der Waals surface area contributed by atoms with E-state index in [0.29, 0.717) is 0 Å². The fourth-order valence-corrected chi connectivity index (χ4v) is 6.11. The Morgan fingerprint density at radius 3 is 2.52 bits per heavy atom. The number of aromatic amines is 1. The van der Waals surface area contributed by atoms with Crippen LogP contribution in [0, 0.1) is 0 Å². The highest BCUT2D eigenvalue weighted by Crippen LogP contribution is 2.65. The number of hydrogen-bond donors (Lipinski definition) is 3. The first kappa shape index (κ1) is 29.6. The molecule has 9 nitrogen and oxygen atoms in total. The molecule has 12 heteroatoms. The van der Waals surface area contributed by atoms with E-state index in [2.05, 4.69) is 62.9 Å². The lowest BCUT2D eigenvalue weighted by Gasteiger charge is -2.26. The molecule has 44 heavy (non-hydrogen) atoms. The van der Waals surface area contributed by atoms with E-state index in [-0.39, 0.29) is 11.8 Å². The number of fused-ring (bicyclic) bond motifs is 3. The molecule has 230 valence electrons. The van der Waals surface area contributed by atoms with Crippen molar-refractivity contribution >= 4 is 28.5 Å². The molecule has 2 atom stereocenters. The molecule has 3 aromatic carbocycles. The molecule has 4 aromatic rings. The lowest BCUT2D eigenvalue weighted by Crippen LogP contribution is -2.37. The number of carbonyl (C=O) groups excluding carboxylic acids is 1. The zero-order chi connectivity index (χ0) is 31.1. The Kier molecular flexibility index (Phi) is 7.80. The minimum Gasteiger partial charge on any atom is -0.497 e. The van der Waals surface area contributed by atoms with Gasteiger partial charge in [0.05, 0.1) is 36.9 Å². The summed E-state index contributed by atoms with van der Waals surface area (Å²) in [6, 6.07) is 21.1. The van der Waals surface area contributed by atoms with Crippen LogP contribution >= 0.6 is 0 Å². The number of amides is 1. The second-order valence-corrected chi connectivity index (χ2v) is 11.2. The molecular formula is C32H31F3N4O5. The van der Waals surface area contributed by atoms with E-state index in [0.717, 1.165) is 90.4 Å². The number of aliphatic carboxylic acids is 1. The maximum atomic E-state index is 13.0. The number of morpholine rings is 1. The van der Waals surface area contributed by atoms with Gasteiger partial charge in [0.15, 0.2) is 0 Å². The normalized spacial score (nSPS) is 21.0. The number of carboxylic acid groups (broad SMARTS) is 1. The lowest BCUT2D eigenvalue weighted by atomic mass is 9.91. The summed E-state index contributed by atoms with van der Waals surface area (Å²) >= 11 is 0. The zero-order valence-electron chi connectivity index (χ0n) is 23.9. The molecule has 0 radical (unpaired) electrons. The molecule has 2 fully saturated rings. The number of alkyl halides is 3. The Morgan fingerprint density at radius 1 is 1.11 bits per heavy atom. The van der Waals surface area contributed by atoms with Gasteiger partial charge in [-0.2, -0.15) is 18.3 Å². The second kappa shape index (κ2) is 11.6. The summed E-state index contributed by atoms with van der Waals surface area (Å²) < 4.78 is 42.6. The highest BCUT2D eigenvalue weighted by Gasteiger charge is 2.65. The van der Waals surface area contributed by atoms with E-state index in [4.69, 9.17) is 19.4 Å². The predicted molar refractivity (Wildman–Crippen MR) is 157 cm³/mol. The molecule has 1 aliphatic carbocycles. The van der Waals surface area contributed by atoms with Crippen LogP contribution in [0.25, 0.3) is 22.2 Å². The summed E-state index contributed by atoms with van der Waals surface area (Å²) in [6.45, 7) is 4.78. The minimum atomic E-state index is -5.08. The van der Waals surface area contributed by atoms with Gasteiger partial charge in [0, 0.05) is 42.2 Å². The molecule has 1 saturated carbocycles. The van der Waals surface area contributed by atoms with Gasteiger partial charge in [0.1, 0.15) is 5.75 Å². The van der Waals surface area contributed by atoms with Gasteiger partial charge in [-0.1, -0.05) is 36.4 Å². The van der Waals surface area contributed by atoms with Crippen LogP contribution in [0.2, 0.25) is 0 Å². The van der Waals surface area contributed by atoms with Crippen molar-refractivity contribution in [3.8, 4) is 17.0 Å². The summed E-state index contributed by atoms with van der Waals surface area (Å²) in [5.41, 5.74) is 6.99. The Labute approximate surface area is 251 Å². The standard InChI is InChI=1S/C30H30N4O3.C2HF3O2/c1-36-22-7-9-26-24(17-22)30(29(35)31-26)18-25(30)21-6-8-23-27(16-21)32-33-28(23)20-4-2-19(3-5-20)10-11-34-12-14-37-15-13-34;3-2(4,5)1(6)7/h2-9,16-17,25H,10-15,18H2,1H3,(H,31,35)(H,32,33);(H,6,7). The zero-order valence-corrected chi connectivity index (χ0v) is 23.9. The minimum absolute atomic E-state index is 0.0832. The van der Waals surface area contributed by atoms with Gasteiger partial charge < -0.3 is 19.9 Å². The average molecular weight is 609 g/mol. The van der Waals surface area contributed by atoms with Gasteiger partial charge in [-0.05, 0) is 53.8 Å². The number of methoxy groups -OCH3 is 1. The molecular weight excluding hydrogens is 577 g/mol. The third-order valence-electron chi connectivity index (χ3n) is 8.60. The number of aromatic nitrogens is 2. The van der Waals surface area contributed by atoms with Crippen LogP contribution < -0.4 is 10.1 Å². The first-order valence-corrected chi connectivity index (χ1v) is 14.3. The summed E-state index contributed by atoms with van der Waals surface area (Å²) in [6.07, 6.45) is -3.24. The fraction of sp³-hybridized carbons (Fsp3) is 0.344. The highest BCUT2D eigenvalue weighted by atomic mass is 19.4. The lowest BCUT2D eigenvalue weighted by molar-refractivity contribution is -0.192. The van der Waals surface area contributed by atoms with E-state index in [1.54, 1.807) is 7.11 Å². The summed E-state index contributed by atoms with van der Waals surface area (Å²) in [7, 11) is 1.66. The Bertz CT molecular complexity index is 1700. The molecule has 2 aliphatic heterocycles. The Balaban J connectivity index is 0.000000441. The van der Waals surface area contributed by atoms with Gasteiger partial charge in [-0.3, -0.25) is 14.8 Å². The molecule has 1 aromatic heterocycles. The number of hydrogen-bond acceptors (Lipinski definition) is 6. The second-order valence-electron chi connectivity index (χ2n) is 11.2. The molecule has 1 saturated heterocycles. The number of H-pyrrole nitrogens is 1. The van der Waals surface area contributed by atoms with E-state index < -0.39 is 17.6 Å². The largest absolute Gasteiger partial charge is 0.497 e. The Hall–Kier alpha value is -4.42. The van der Waals surface area contributed by atoms with Crippen molar-refractivity contribution in [2.45, 2.75) is 30.4 Å². The summed E-state index contributed by atoms with van der Waals surface area (Å²) in [4.78, 5) is 24.4. The number of nitrogens with one attached hydrogen (secondary N) is 2. The molecule has 3 N–H and O–H groups in total. The van der Waals surface area contributed by atoms with E-state index >= 15 is 0 Å². The average Bonchev–Trinajstić information content (AvgIpc) is 3.55. The van der Waals surface area contributed by atoms with Crippen LogP contribution in [0.5, 0.6) is 5.75 Å². The van der Waals surface area contributed by atoms with Gasteiger partial charge in [0.25, 0.3) is 0 Å². The van der Waals surface area contributed by atoms with Crippen LogP contribution in [0.3, 0.4) is 0 Å². The van der Waals surface area contributed by atoms with E-state index in [9.17, 15) is 18.0 Å². The van der Waals surface area contributed by atoms with Crippen molar-refractivity contribution in [1.29, 1.82) is 0 Å². The SMILES string of the molecule is COc1ccc2c(c1)C1(CC1c1ccc3c(-c4ccc(CCN5CCOCC5)cc4)n[nH]c3c1)C(=O)N2.O=C(O)C(F)(F)F. The van der Waals surface area contributed by atoms with Crippen molar-refractivity contribution in [2.75, 3.05) is 45.3 Å². The number of ether oxygens (including phenoxy) is 2. The predicted octanol–water partition coefficient (Wildman–Crippen LogP) is 5.12. The first-order valence-electron chi connectivity index (χ1n) is 14.3. The third kappa shape index (κ3) is 5.62. The smallest absolute Gasteiger partial charge is 0.490 e. The van der Waals surface area contributed by atoms with Crippen molar-refractivity contribution < 1.29 is 37.3 Å². The quantitative estimate of drug-likeness (QED) is 0.278. The van der Waals surface area contributed by atoms with Gasteiger partial charge in [0.2, 0.25) is 5.91 Å². The molecule has 3 heterocycles. The van der Waals surface area contributed by atoms with Crippen LogP contribution in [0.15, 0.2) is 60.7 Å². The number of carbonyl (C=O) groups is 2. The molecule has 2 unspecified atom stereocenters. The fourth-order valence-electron chi connectivity index (χ4n) is 6.11. The van der Waals surface area contributed by atoms with Crippen LogP contribution in [0.1, 0.15) is 29.0 Å². The first-order chi connectivity index (χ1) is 21.1. The summed E-state index contributed by atoms with van der Waals surface area (Å²) in [5, 5.41) is 19.2. The highest BCUT2D eigenvalue weighted by molar-refractivity contribution is 6.10. The molecule has 0 bridgehead atoms. The maximum absolute atomic E-state index is 13.0. The molecule has 1 amide bonds. The number of carboxylic acids is 1. The monoisotopic (exact) mass is 608 g/mol. The van der Waals surface area contributed by atoms with Crippen molar-refractivity contribution in [3.05, 3.63) is 77.4 Å². The molecule has 7 rings (SSSR count). The topological polar surface area (TPSA) is 117 Å². The van der Waals surface area contributed by atoms with E-state index in [1.807, 2.05) is 18.2 Å². The van der Waals surface area contributed by atoms with Gasteiger partial charge in [-0.15, -0.1) is 0 Å². The van der Waals surface area contributed by atoms with Crippen LogP contribution in [-0.2, 0) is 26.2 Å².